The van der Waals surface area contributed by atoms with E-state index in [9.17, 15) is 18.0 Å². The van der Waals surface area contributed by atoms with Gasteiger partial charge in [-0.2, -0.15) is 13.2 Å². The number of hydrogen-bond acceptors (Lipinski definition) is 2. The lowest BCUT2D eigenvalue weighted by Crippen LogP contribution is -2.08. The highest BCUT2D eigenvalue weighted by Crippen LogP contribution is 2.29. The van der Waals surface area contributed by atoms with Gasteiger partial charge in [-0.1, -0.05) is 18.2 Å². The number of carbonyl (C=O) groups is 1. The lowest BCUT2D eigenvalue weighted by molar-refractivity contribution is -0.137. The fourth-order valence-electron chi connectivity index (χ4n) is 1.93. The largest absolute Gasteiger partial charge is 0.497 e. The predicted molar refractivity (Wildman–Crippen MR) is 63.4 cm³/mol. The van der Waals surface area contributed by atoms with Crippen LogP contribution in [-0.4, -0.2) is 12.4 Å². The van der Waals surface area contributed by atoms with Crippen molar-refractivity contribution in [3.8, 4) is 0 Å². The minimum atomic E-state index is -4.38. The molecule has 19 heavy (non-hydrogen) atoms. The van der Waals surface area contributed by atoms with Crippen LogP contribution in [0.2, 0.25) is 0 Å². The summed E-state index contributed by atoms with van der Waals surface area (Å²) in [5.41, 5.74) is -0.354. The summed E-state index contributed by atoms with van der Waals surface area (Å²) in [6, 6.07) is 4.85. The molecular formula is C14H13F3O2. The summed E-state index contributed by atoms with van der Waals surface area (Å²) in [6.45, 7) is 0.576. The van der Waals surface area contributed by atoms with Crippen LogP contribution >= 0.6 is 0 Å². The van der Waals surface area contributed by atoms with E-state index in [1.165, 1.54) is 12.1 Å². The molecule has 0 amide bonds. The van der Waals surface area contributed by atoms with E-state index in [1.54, 1.807) is 0 Å². The van der Waals surface area contributed by atoms with Gasteiger partial charge in [0.15, 0.2) is 0 Å². The quantitative estimate of drug-likeness (QED) is 0.836. The van der Waals surface area contributed by atoms with Crippen molar-refractivity contribution in [2.75, 3.05) is 6.61 Å². The van der Waals surface area contributed by atoms with Crippen molar-refractivity contribution < 1.29 is 22.7 Å². The standard InChI is InChI=1S/C14H13F3O2/c15-14(16,17)11-4-1-3-10(7-11)8-12(18)9-13-5-2-6-19-13/h1,3-5,7H,2,6,8-9H2. The summed E-state index contributed by atoms with van der Waals surface area (Å²) in [7, 11) is 0. The monoisotopic (exact) mass is 270 g/mol. The van der Waals surface area contributed by atoms with E-state index < -0.39 is 11.7 Å². The van der Waals surface area contributed by atoms with E-state index in [0.717, 1.165) is 18.6 Å². The Morgan fingerprint density at radius 1 is 1.26 bits per heavy atom. The number of rotatable bonds is 4. The number of ether oxygens (including phenoxy) is 1. The number of ketones is 1. The third kappa shape index (κ3) is 3.84. The van der Waals surface area contributed by atoms with Gasteiger partial charge in [-0.3, -0.25) is 4.79 Å². The van der Waals surface area contributed by atoms with Gasteiger partial charge in [0.2, 0.25) is 0 Å². The third-order valence-corrected chi connectivity index (χ3v) is 2.80. The number of allylic oxidation sites excluding steroid dienone is 1. The Morgan fingerprint density at radius 3 is 2.68 bits per heavy atom. The van der Waals surface area contributed by atoms with E-state index in [1.807, 2.05) is 6.08 Å². The smallest absolute Gasteiger partial charge is 0.416 e. The van der Waals surface area contributed by atoms with Crippen LogP contribution in [0.15, 0.2) is 36.1 Å². The summed E-state index contributed by atoms with van der Waals surface area (Å²) < 4.78 is 42.8. The molecule has 0 atom stereocenters. The molecule has 0 aliphatic carbocycles. The summed E-state index contributed by atoms with van der Waals surface area (Å²) in [6.07, 6.45) is -1.62. The molecule has 1 heterocycles. The maximum atomic E-state index is 12.5. The van der Waals surface area contributed by atoms with Crippen LogP contribution in [0.3, 0.4) is 0 Å². The first-order valence-corrected chi connectivity index (χ1v) is 5.95. The normalized spacial score (nSPS) is 15.0. The first kappa shape index (κ1) is 13.6. The van der Waals surface area contributed by atoms with Gasteiger partial charge >= 0.3 is 6.18 Å². The Balaban J connectivity index is 2.00. The van der Waals surface area contributed by atoms with Crippen molar-refractivity contribution in [3.05, 3.63) is 47.2 Å². The van der Waals surface area contributed by atoms with Crippen molar-refractivity contribution in [2.45, 2.75) is 25.4 Å². The molecular weight excluding hydrogens is 257 g/mol. The average Bonchev–Trinajstić information content (AvgIpc) is 2.80. The molecule has 0 spiro atoms. The van der Waals surface area contributed by atoms with Crippen molar-refractivity contribution in [2.24, 2.45) is 0 Å². The number of Topliss-reactive ketones (excluding diaryl/α,β-unsaturated/α-hetero) is 1. The van der Waals surface area contributed by atoms with Gasteiger partial charge < -0.3 is 4.74 Å². The molecule has 0 bridgehead atoms. The summed E-state index contributed by atoms with van der Waals surface area (Å²) >= 11 is 0. The fraction of sp³-hybridized carbons (Fsp3) is 0.357. The molecule has 0 unspecified atom stereocenters. The maximum absolute atomic E-state index is 12.5. The molecule has 1 aromatic carbocycles. The summed E-state index contributed by atoms with van der Waals surface area (Å²) in [5, 5.41) is 0. The summed E-state index contributed by atoms with van der Waals surface area (Å²) in [5.74, 6) is 0.476. The number of carbonyl (C=O) groups excluding carboxylic acids is 1. The van der Waals surface area contributed by atoms with Crippen molar-refractivity contribution in [3.63, 3.8) is 0 Å². The Bertz CT molecular complexity index is 504. The molecule has 2 nitrogen and oxygen atoms in total. The van der Waals surface area contributed by atoms with Crippen LogP contribution in [0.5, 0.6) is 0 Å². The lowest BCUT2D eigenvalue weighted by Gasteiger charge is -2.08. The lowest BCUT2D eigenvalue weighted by atomic mass is 10.0. The van der Waals surface area contributed by atoms with Crippen molar-refractivity contribution in [1.82, 2.24) is 0 Å². The number of alkyl halides is 3. The number of hydrogen-bond donors (Lipinski definition) is 0. The molecule has 0 N–H and O–H groups in total. The van der Waals surface area contributed by atoms with Gasteiger partial charge in [-0.05, 0) is 17.7 Å². The Labute approximate surface area is 108 Å². The highest BCUT2D eigenvalue weighted by Gasteiger charge is 2.30. The molecule has 0 saturated carbocycles. The van der Waals surface area contributed by atoms with Crippen molar-refractivity contribution >= 4 is 5.78 Å². The molecule has 1 aliphatic rings. The Morgan fingerprint density at radius 2 is 2.05 bits per heavy atom. The van der Waals surface area contributed by atoms with Crippen LogP contribution in [0, 0.1) is 0 Å². The van der Waals surface area contributed by atoms with E-state index >= 15 is 0 Å². The summed E-state index contributed by atoms with van der Waals surface area (Å²) in [4.78, 5) is 11.7. The fourth-order valence-corrected chi connectivity index (χ4v) is 1.93. The van der Waals surface area contributed by atoms with E-state index in [-0.39, 0.29) is 18.6 Å². The first-order valence-electron chi connectivity index (χ1n) is 5.95. The molecule has 0 aromatic heterocycles. The van der Waals surface area contributed by atoms with Crippen LogP contribution in [0.4, 0.5) is 13.2 Å². The van der Waals surface area contributed by atoms with Gasteiger partial charge in [-0.25, -0.2) is 0 Å². The van der Waals surface area contributed by atoms with Crippen LogP contribution in [0.25, 0.3) is 0 Å². The first-order chi connectivity index (χ1) is 8.95. The zero-order valence-corrected chi connectivity index (χ0v) is 10.2. The molecule has 2 rings (SSSR count). The molecule has 5 heteroatoms. The number of halogens is 3. The van der Waals surface area contributed by atoms with Crippen molar-refractivity contribution in [1.29, 1.82) is 0 Å². The molecule has 102 valence electrons. The Kier molecular flexibility index (Phi) is 3.93. The second-order valence-electron chi connectivity index (χ2n) is 4.40. The maximum Gasteiger partial charge on any atom is 0.416 e. The highest BCUT2D eigenvalue weighted by molar-refractivity contribution is 5.82. The second kappa shape index (κ2) is 5.47. The van der Waals surface area contributed by atoms with Crippen LogP contribution < -0.4 is 0 Å². The predicted octanol–water partition coefficient (Wildman–Crippen LogP) is 3.51. The molecule has 0 radical (unpaired) electrons. The zero-order chi connectivity index (χ0) is 13.9. The van der Waals surface area contributed by atoms with Gasteiger partial charge in [0, 0.05) is 12.8 Å². The molecule has 1 aliphatic heterocycles. The third-order valence-electron chi connectivity index (χ3n) is 2.80. The molecule has 0 saturated heterocycles. The average molecular weight is 270 g/mol. The molecule has 1 aromatic rings. The minimum absolute atomic E-state index is 0.00931. The van der Waals surface area contributed by atoms with Crippen LogP contribution in [-0.2, 0) is 22.1 Å². The van der Waals surface area contributed by atoms with Gasteiger partial charge in [-0.15, -0.1) is 0 Å². The van der Waals surface area contributed by atoms with E-state index in [2.05, 4.69) is 0 Å². The van der Waals surface area contributed by atoms with Gasteiger partial charge in [0.1, 0.15) is 5.78 Å². The Hall–Kier alpha value is -1.78. The zero-order valence-electron chi connectivity index (χ0n) is 10.2. The highest BCUT2D eigenvalue weighted by atomic mass is 19.4. The van der Waals surface area contributed by atoms with E-state index in [4.69, 9.17) is 4.74 Å². The number of benzene rings is 1. The topological polar surface area (TPSA) is 26.3 Å². The van der Waals surface area contributed by atoms with E-state index in [0.29, 0.717) is 17.9 Å². The van der Waals surface area contributed by atoms with Crippen LogP contribution in [0.1, 0.15) is 24.0 Å². The SMILES string of the molecule is O=C(CC1=CCCO1)Cc1cccc(C(F)(F)F)c1. The minimum Gasteiger partial charge on any atom is -0.497 e. The molecule has 0 fully saturated rings. The van der Waals surface area contributed by atoms with Gasteiger partial charge in [0.05, 0.1) is 24.4 Å². The van der Waals surface area contributed by atoms with Gasteiger partial charge in [0.25, 0.3) is 0 Å². The second-order valence-corrected chi connectivity index (χ2v) is 4.40.